The van der Waals surface area contributed by atoms with Crippen molar-refractivity contribution in [2.45, 2.75) is 40.2 Å². The van der Waals surface area contributed by atoms with Crippen molar-refractivity contribution in [3.05, 3.63) is 64.0 Å². The molecule has 3 aromatic rings. The summed E-state index contributed by atoms with van der Waals surface area (Å²) in [6, 6.07) is 13.5. The minimum atomic E-state index is -0.331. The van der Waals surface area contributed by atoms with Gasteiger partial charge in [0, 0.05) is 17.0 Å². The molecule has 0 saturated carbocycles. The van der Waals surface area contributed by atoms with Crippen LogP contribution >= 0.6 is 0 Å². The third-order valence-corrected chi connectivity index (χ3v) is 4.26. The number of hydrogen-bond donors (Lipinski definition) is 0. The van der Waals surface area contributed by atoms with E-state index < -0.39 is 0 Å². The van der Waals surface area contributed by atoms with Crippen LogP contribution in [0.2, 0.25) is 0 Å². The molecule has 0 N–H and O–H groups in total. The van der Waals surface area contributed by atoms with Crippen LogP contribution in [0.3, 0.4) is 0 Å². The topological polar surface area (TPSA) is 39.4 Å². The molecule has 24 heavy (non-hydrogen) atoms. The molecule has 1 unspecified atom stereocenters. The molecule has 1 atom stereocenters. The average molecular weight is 322 g/mol. The molecule has 0 aliphatic rings. The second-order valence-corrected chi connectivity index (χ2v) is 6.30. The predicted octanol–water partition coefficient (Wildman–Crippen LogP) is 5.25. The Morgan fingerprint density at radius 3 is 2.46 bits per heavy atom. The first-order valence-corrected chi connectivity index (χ1v) is 8.30. The zero-order chi connectivity index (χ0) is 17.3. The summed E-state index contributed by atoms with van der Waals surface area (Å²) in [5.41, 5.74) is 4.36. The summed E-state index contributed by atoms with van der Waals surface area (Å²) >= 11 is 0. The zero-order valence-corrected chi connectivity index (χ0v) is 14.6. The average Bonchev–Trinajstić information content (AvgIpc) is 2.54. The second kappa shape index (κ2) is 6.52. The largest absolute Gasteiger partial charge is 0.491 e. The van der Waals surface area contributed by atoms with Crippen molar-refractivity contribution in [2.75, 3.05) is 0 Å². The van der Waals surface area contributed by atoms with Gasteiger partial charge in [0.25, 0.3) is 0 Å². The lowest BCUT2D eigenvalue weighted by Gasteiger charge is -2.13. The highest BCUT2D eigenvalue weighted by molar-refractivity contribution is 5.95. The molecule has 3 rings (SSSR count). The molecule has 3 heteroatoms. The summed E-state index contributed by atoms with van der Waals surface area (Å²) in [5, 5.41) is 0.982. The summed E-state index contributed by atoms with van der Waals surface area (Å²) in [6.07, 6.45) is 1.15. The Labute approximate surface area is 141 Å². The maximum atomic E-state index is 12.0. The van der Waals surface area contributed by atoms with Crippen LogP contribution in [-0.4, -0.2) is 6.10 Å². The molecule has 0 amide bonds. The highest BCUT2D eigenvalue weighted by atomic mass is 16.5. The Morgan fingerprint density at radius 1 is 1.08 bits per heavy atom. The van der Waals surface area contributed by atoms with Gasteiger partial charge in [-0.3, -0.25) is 0 Å². The van der Waals surface area contributed by atoms with Gasteiger partial charge < -0.3 is 9.15 Å². The number of benzene rings is 2. The maximum absolute atomic E-state index is 12.0. The Kier molecular flexibility index (Phi) is 4.43. The quantitative estimate of drug-likeness (QED) is 0.616. The monoisotopic (exact) mass is 322 g/mol. The lowest BCUT2D eigenvalue weighted by molar-refractivity contribution is 0.217. The van der Waals surface area contributed by atoms with Crippen molar-refractivity contribution < 1.29 is 9.15 Å². The van der Waals surface area contributed by atoms with Crippen LogP contribution in [-0.2, 0) is 0 Å². The van der Waals surface area contributed by atoms with Gasteiger partial charge in [0.2, 0.25) is 0 Å². The lowest BCUT2D eigenvalue weighted by Crippen LogP contribution is -2.09. The Balaban J connectivity index is 2.11. The van der Waals surface area contributed by atoms with Crippen molar-refractivity contribution in [1.82, 2.24) is 0 Å². The SMILES string of the molecule is CCC(C)Oc1ccc(-c2cc(=O)oc3cc(C)cc(C)c23)cc1. The van der Waals surface area contributed by atoms with Gasteiger partial charge in [-0.05, 0) is 62.1 Å². The van der Waals surface area contributed by atoms with E-state index in [9.17, 15) is 4.79 Å². The predicted molar refractivity (Wildman–Crippen MR) is 97.8 cm³/mol. The second-order valence-electron chi connectivity index (χ2n) is 6.30. The van der Waals surface area contributed by atoms with E-state index >= 15 is 0 Å². The van der Waals surface area contributed by atoms with E-state index in [0.717, 1.165) is 39.8 Å². The first kappa shape index (κ1) is 16.3. The summed E-state index contributed by atoms with van der Waals surface area (Å²) in [6.45, 7) is 8.19. The highest BCUT2D eigenvalue weighted by Crippen LogP contribution is 2.31. The number of aryl methyl sites for hydroxylation is 2. The van der Waals surface area contributed by atoms with Crippen molar-refractivity contribution in [3.8, 4) is 16.9 Å². The van der Waals surface area contributed by atoms with Crippen LogP contribution in [0.1, 0.15) is 31.4 Å². The first-order valence-electron chi connectivity index (χ1n) is 8.30. The van der Waals surface area contributed by atoms with Gasteiger partial charge in [-0.25, -0.2) is 4.79 Å². The van der Waals surface area contributed by atoms with Crippen LogP contribution in [0.5, 0.6) is 5.75 Å². The number of fused-ring (bicyclic) bond motifs is 1. The molecule has 0 saturated heterocycles. The fourth-order valence-electron chi connectivity index (χ4n) is 2.94. The van der Waals surface area contributed by atoms with E-state index in [-0.39, 0.29) is 11.7 Å². The molecule has 124 valence electrons. The van der Waals surface area contributed by atoms with E-state index in [4.69, 9.17) is 9.15 Å². The third-order valence-electron chi connectivity index (χ3n) is 4.26. The zero-order valence-electron chi connectivity index (χ0n) is 14.6. The van der Waals surface area contributed by atoms with Crippen LogP contribution in [0.4, 0.5) is 0 Å². The number of rotatable bonds is 4. The van der Waals surface area contributed by atoms with E-state index in [2.05, 4.69) is 19.9 Å². The highest BCUT2D eigenvalue weighted by Gasteiger charge is 2.11. The van der Waals surface area contributed by atoms with Gasteiger partial charge in [0.15, 0.2) is 0 Å². The van der Waals surface area contributed by atoms with Gasteiger partial charge in [-0.2, -0.15) is 0 Å². The smallest absolute Gasteiger partial charge is 0.336 e. The third kappa shape index (κ3) is 3.21. The van der Waals surface area contributed by atoms with E-state index in [0.29, 0.717) is 5.58 Å². The lowest BCUT2D eigenvalue weighted by atomic mass is 9.97. The molecule has 3 nitrogen and oxygen atoms in total. The Bertz CT molecular complexity index is 920. The van der Waals surface area contributed by atoms with Gasteiger partial charge in [-0.1, -0.05) is 25.1 Å². The Hall–Kier alpha value is -2.55. The molecular weight excluding hydrogens is 300 g/mol. The summed E-state index contributed by atoms with van der Waals surface area (Å²) < 4.78 is 11.2. The van der Waals surface area contributed by atoms with Crippen LogP contribution in [0.25, 0.3) is 22.1 Å². The van der Waals surface area contributed by atoms with E-state index in [1.165, 1.54) is 0 Å². The molecule has 0 aliphatic heterocycles. The van der Waals surface area contributed by atoms with Crippen molar-refractivity contribution >= 4 is 11.0 Å². The molecule has 0 spiro atoms. The first-order chi connectivity index (χ1) is 11.5. The molecule has 0 radical (unpaired) electrons. The standard InChI is InChI=1S/C21H22O3/c1-5-15(4)23-17-8-6-16(7-9-17)18-12-20(22)24-19-11-13(2)10-14(3)21(18)19/h6-12,15H,5H2,1-4H3. The van der Waals surface area contributed by atoms with Crippen molar-refractivity contribution in [1.29, 1.82) is 0 Å². The number of ether oxygens (including phenoxy) is 1. The maximum Gasteiger partial charge on any atom is 0.336 e. The summed E-state index contributed by atoms with van der Waals surface area (Å²) in [5.74, 6) is 0.841. The van der Waals surface area contributed by atoms with Crippen LogP contribution in [0, 0.1) is 13.8 Å². The van der Waals surface area contributed by atoms with Crippen LogP contribution in [0.15, 0.2) is 51.7 Å². The molecule has 0 bridgehead atoms. The fraction of sp³-hybridized carbons (Fsp3) is 0.286. The van der Waals surface area contributed by atoms with Crippen LogP contribution < -0.4 is 10.4 Å². The normalized spacial score (nSPS) is 12.3. The molecule has 0 aliphatic carbocycles. The molecule has 0 fully saturated rings. The van der Waals surface area contributed by atoms with Crippen molar-refractivity contribution in [2.24, 2.45) is 0 Å². The molecule has 1 aromatic heterocycles. The molecule has 1 heterocycles. The summed E-state index contributed by atoms with van der Waals surface area (Å²) in [4.78, 5) is 12.0. The van der Waals surface area contributed by atoms with Gasteiger partial charge in [-0.15, -0.1) is 0 Å². The van der Waals surface area contributed by atoms with E-state index in [1.807, 2.05) is 44.2 Å². The molecule has 2 aromatic carbocycles. The minimum Gasteiger partial charge on any atom is -0.491 e. The Morgan fingerprint density at radius 2 is 1.79 bits per heavy atom. The summed E-state index contributed by atoms with van der Waals surface area (Å²) in [7, 11) is 0. The van der Waals surface area contributed by atoms with Gasteiger partial charge >= 0.3 is 5.63 Å². The van der Waals surface area contributed by atoms with Crippen molar-refractivity contribution in [3.63, 3.8) is 0 Å². The van der Waals surface area contributed by atoms with Gasteiger partial charge in [0.05, 0.1) is 6.10 Å². The molecular formula is C21H22O3. The fourth-order valence-corrected chi connectivity index (χ4v) is 2.94. The van der Waals surface area contributed by atoms with Gasteiger partial charge in [0.1, 0.15) is 11.3 Å². The minimum absolute atomic E-state index is 0.186. The van der Waals surface area contributed by atoms with E-state index in [1.54, 1.807) is 6.07 Å². The number of hydrogen-bond acceptors (Lipinski definition) is 3.